The number of hydrogen-bond donors (Lipinski definition) is 3. The first-order valence-electron chi connectivity index (χ1n) is 8.79. The van der Waals surface area contributed by atoms with E-state index in [0.717, 1.165) is 12.0 Å². The highest BCUT2D eigenvalue weighted by molar-refractivity contribution is 6.30. The number of carbonyl (C=O) groups is 2. The van der Waals surface area contributed by atoms with Gasteiger partial charge in [0.25, 0.3) is 5.91 Å². The van der Waals surface area contributed by atoms with Crippen LogP contribution in [0.25, 0.3) is 0 Å². The van der Waals surface area contributed by atoms with Gasteiger partial charge in [0.2, 0.25) is 5.91 Å². The molecule has 1 aliphatic rings. The van der Waals surface area contributed by atoms with Crippen LogP contribution in [0.5, 0.6) is 0 Å². The third kappa shape index (κ3) is 4.75. The molecule has 0 spiro atoms. The SMILES string of the molecule is CC(C)(C)[C@@H](O)C(=O)N1CCC[C@H]1C(=O)NCc1cc(Cl)ccc1CO. The topological polar surface area (TPSA) is 89.9 Å². The molecule has 0 unspecified atom stereocenters. The third-order valence-corrected chi connectivity index (χ3v) is 4.92. The number of nitrogens with one attached hydrogen (secondary N) is 1. The lowest BCUT2D eigenvalue weighted by Crippen LogP contribution is -2.51. The van der Waals surface area contributed by atoms with Crippen molar-refractivity contribution in [3.63, 3.8) is 0 Å². The number of benzene rings is 1. The number of hydrogen-bond acceptors (Lipinski definition) is 4. The summed E-state index contributed by atoms with van der Waals surface area (Å²) in [5.41, 5.74) is 0.841. The number of amides is 2. The lowest BCUT2D eigenvalue weighted by atomic mass is 9.88. The molecule has 0 aromatic heterocycles. The van der Waals surface area contributed by atoms with E-state index in [1.54, 1.807) is 39.0 Å². The molecule has 0 bridgehead atoms. The number of aliphatic hydroxyl groups is 2. The summed E-state index contributed by atoms with van der Waals surface area (Å²) >= 11 is 5.98. The van der Waals surface area contributed by atoms with Gasteiger partial charge >= 0.3 is 0 Å². The predicted molar refractivity (Wildman–Crippen MR) is 99.4 cm³/mol. The van der Waals surface area contributed by atoms with E-state index < -0.39 is 23.5 Å². The summed E-state index contributed by atoms with van der Waals surface area (Å²) in [7, 11) is 0. The summed E-state index contributed by atoms with van der Waals surface area (Å²) in [6, 6.07) is 4.52. The van der Waals surface area contributed by atoms with Gasteiger partial charge in [0.1, 0.15) is 12.1 Å². The first kappa shape index (κ1) is 20.7. The van der Waals surface area contributed by atoms with E-state index in [1.807, 2.05) is 0 Å². The van der Waals surface area contributed by atoms with Crippen LogP contribution in [0, 0.1) is 5.41 Å². The number of carbonyl (C=O) groups excluding carboxylic acids is 2. The number of halogens is 1. The Morgan fingerprint density at radius 2 is 2.04 bits per heavy atom. The Labute approximate surface area is 159 Å². The second-order valence-electron chi connectivity index (χ2n) is 7.75. The van der Waals surface area contributed by atoms with Gasteiger partial charge in [-0.1, -0.05) is 38.4 Å². The largest absolute Gasteiger partial charge is 0.392 e. The molecule has 2 rings (SSSR count). The molecule has 26 heavy (non-hydrogen) atoms. The Bertz CT molecular complexity index is 672. The van der Waals surface area contributed by atoms with Crippen molar-refractivity contribution < 1.29 is 19.8 Å². The third-order valence-electron chi connectivity index (χ3n) is 4.68. The van der Waals surface area contributed by atoms with Crippen LogP contribution < -0.4 is 5.32 Å². The molecule has 0 radical (unpaired) electrons. The van der Waals surface area contributed by atoms with Crippen molar-refractivity contribution in [2.75, 3.05) is 6.54 Å². The van der Waals surface area contributed by atoms with Gasteiger partial charge in [0.05, 0.1) is 6.61 Å². The van der Waals surface area contributed by atoms with Crippen LogP contribution in [-0.4, -0.2) is 45.6 Å². The highest BCUT2D eigenvalue weighted by atomic mass is 35.5. The monoisotopic (exact) mass is 382 g/mol. The van der Waals surface area contributed by atoms with E-state index in [9.17, 15) is 19.8 Å². The average molecular weight is 383 g/mol. The second-order valence-corrected chi connectivity index (χ2v) is 8.18. The average Bonchev–Trinajstić information content (AvgIpc) is 3.07. The highest BCUT2D eigenvalue weighted by Gasteiger charge is 2.40. The molecule has 1 aliphatic heterocycles. The van der Waals surface area contributed by atoms with Crippen molar-refractivity contribution in [1.82, 2.24) is 10.2 Å². The molecular formula is C19H27ClN2O4. The van der Waals surface area contributed by atoms with E-state index in [0.29, 0.717) is 23.6 Å². The Hall–Kier alpha value is -1.63. The van der Waals surface area contributed by atoms with E-state index in [4.69, 9.17) is 11.6 Å². The van der Waals surface area contributed by atoms with Crippen molar-refractivity contribution in [1.29, 1.82) is 0 Å². The summed E-state index contributed by atoms with van der Waals surface area (Å²) in [5.74, 6) is -0.672. The van der Waals surface area contributed by atoms with Gasteiger partial charge in [-0.15, -0.1) is 0 Å². The van der Waals surface area contributed by atoms with Crippen LogP contribution in [0.2, 0.25) is 5.02 Å². The number of rotatable bonds is 5. The van der Waals surface area contributed by atoms with Crippen LogP contribution in [-0.2, 0) is 22.7 Å². The molecule has 1 saturated heterocycles. The van der Waals surface area contributed by atoms with Gasteiger partial charge < -0.3 is 20.4 Å². The van der Waals surface area contributed by atoms with Gasteiger partial charge in [-0.3, -0.25) is 9.59 Å². The van der Waals surface area contributed by atoms with Gasteiger partial charge in [-0.05, 0) is 41.5 Å². The zero-order valence-electron chi connectivity index (χ0n) is 15.5. The minimum Gasteiger partial charge on any atom is -0.392 e. The summed E-state index contributed by atoms with van der Waals surface area (Å²) in [6.45, 7) is 5.90. The van der Waals surface area contributed by atoms with Crippen molar-refractivity contribution in [2.24, 2.45) is 5.41 Å². The minimum atomic E-state index is -1.15. The Morgan fingerprint density at radius 3 is 2.65 bits per heavy atom. The predicted octanol–water partition coefficient (Wildman–Crippen LogP) is 1.85. The molecule has 7 heteroatoms. The number of nitrogens with zero attached hydrogens (tertiary/aromatic N) is 1. The second kappa shape index (κ2) is 8.37. The molecule has 1 aromatic carbocycles. The number of aliphatic hydroxyl groups excluding tert-OH is 2. The fourth-order valence-electron chi connectivity index (χ4n) is 3.04. The van der Waals surface area contributed by atoms with Crippen LogP contribution >= 0.6 is 11.6 Å². The summed E-state index contributed by atoms with van der Waals surface area (Å²) in [4.78, 5) is 26.6. The Kier molecular flexibility index (Phi) is 6.66. The lowest BCUT2D eigenvalue weighted by molar-refractivity contribution is -0.149. The number of likely N-dealkylation sites (tertiary alicyclic amines) is 1. The molecule has 0 aliphatic carbocycles. The smallest absolute Gasteiger partial charge is 0.252 e. The molecule has 6 nitrogen and oxygen atoms in total. The molecule has 2 amide bonds. The van der Waals surface area contributed by atoms with Gasteiger partial charge in [-0.2, -0.15) is 0 Å². The Morgan fingerprint density at radius 1 is 1.35 bits per heavy atom. The molecular weight excluding hydrogens is 356 g/mol. The zero-order valence-corrected chi connectivity index (χ0v) is 16.2. The summed E-state index contributed by atoms with van der Waals surface area (Å²) in [6.07, 6.45) is 0.140. The van der Waals surface area contributed by atoms with E-state index in [-0.39, 0.29) is 19.1 Å². The molecule has 2 atom stereocenters. The first-order chi connectivity index (χ1) is 12.1. The van der Waals surface area contributed by atoms with Gasteiger partial charge in [0.15, 0.2) is 0 Å². The normalized spacial score (nSPS) is 18.7. The highest BCUT2D eigenvalue weighted by Crippen LogP contribution is 2.25. The molecule has 0 saturated carbocycles. The van der Waals surface area contributed by atoms with Gasteiger partial charge in [0, 0.05) is 18.1 Å². The Balaban J connectivity index is 2.05. The van der Waals surface area contributed by atoms with Crippen LogP contribution in [0.3, 0.4) is 0 Å². The van der Waals surface area contributed by atoms with Crippen molar-refractivity contribution >= 4 is 23.4 Å². The van der Waals surface area contributed by atoms with Crippen molar-refractivity contribution in [2.45, 2.75) is 58.9 Å². The fraction of sp³-hybridized carbons (Fsp3) is 0.579. The van der Waals surface area contributed by atoms with E-state index >= 15 is 0 Å². The quantitative estimate of drug-likeness (QED) is 0.724. The molecule has 1 heterocycles. The maximum absolute atomic E-state index is 12.6. The van der Waals surface area contributed by atoms with E-state index in [1.165, 1.54) is 4.90 Å². The maximum Gasteiger partial charge on any atom is 0.252 e. The summed E-state index contributed by atoms with van der Waals surface area (Å²) < 4.78 is 0. The van der Waals surface area contributed by atoms with Crippen LogP contribution in [0.1, 0.15) is 44.7 Å². The lowest BCUT2D eigenvalue weighted by Gasteiger charge is -2.31. The van der Waals surface area contributed by atoms with Gasteiger partial charge in [-0.25, -0.2) is 0 Å². The zero-order chi connectivity index (χ0) is 19.5. The molecule has 1 fully saturated rings. The minimum absolute atomic E-state index is 0.145. The maximum atomic E-state index is 12.6. The van der Waals surface area contributed by atoms with Crippen molar-refractivity contribution in [3.05, 3.63) is 34.3 Å². The summed E-state index contributed by atoms with van der Waals surface area (Å²) in [5, 5.41) is 23.0. The molecule has 144 valence electrons. The van der Waals surface area contributed by atoms with Crippen molar-refractivity contribution in [3.8, 4) is 0 Å². The fourth-order valence-corrected chi connectivity index (χ4v) is 3.24. The molecule has 1 aromatic rings. The van der Waals surface area contributed by atoms with Crippen LogP contribution in [0.15, 0.2) is 18.2 Å². The van der Waals surface area contributed by atoms with Crippen LogP contribution in [0.4, 0.5) is 0 Å². The molecule has 3 N–H and O–H groups in total. The first-order valence-corrected chi connectivity index (χ1v) is 9.17. The standard InChI is InChI=1S/C19H27ClN2O4/c1-19(2,3)16(24)18(26)22-8-4-5-15(22)17(25)21-10-13-9-14(20)7-6-12(13)11-23/h6-7,9,15-16,23-24H,4-5,8,10-11H2,1-3H3,(H,21,25)/t15-,16-/m0/s1. The van der Waals surface area contributed by atoms with E-state index in [2.05, 4.69) is 5.32 Å².